The number of hydrogen-bond donors (Lipinski definition) is 0. The third-order valence-corrected chi connectivity index (χ3v) is 4.29. The van der Waals surface area contributed by atoms with Crippen LogP contribution in [0.5, 0.6) is 0 Å². The van der Waals surface area contributed by atoms with Gasteiger partial charge in [0, 0.05) is 29.0 Å². The molecule has 0 radical (unpaired) electrons. The molecule has 1 aliphatic carbocycles. The molecule has 0 aliphatic heterocycles. The average Bonchev–Trinajstić information content (AvgIpc) is 2.54. The molecule has 0 bridgehead atoms. The molecule has 2 nitrogen and oxygen atoms in total. The first kappa shape index (κ1) is 11.0. The Morgan fingerprint density at radius 3 is 2.71 bits per heavy atom. The highest BCUT2D eigenvalue weighted by molar-refractivity contribution is 6.00. The van der Waals surface area contributed by atoms with Crippen LogP contribution in [-0.4, -0.2) is 9.97 Å². The first-order valence-corrected chi connectivity index (χ1v) is 7.16. The molecule has 2 heteroatoms. The Bertz CT molecular complexity index is 1010. The second kappa shape index (κ2) is 3.89. The van der Waals surface area contributed by atoms with Gasteiger partial charge < -0.3 is 0 Å². The second-order valence-corrected chi connectivity index (χ2v) is 5.54. The Hall–Kier alpha value is -2.74. The van der Waals surface area contributed by atoms with E-state index in [1.807, 2.05) is 12.3 Å². The Labute approximate surface area is 122 Å². The highest BCUT2D eigenvalue weighted by atomic mass is 14.7. The molecule has 4 aromatic rings. The second-order valence-electron chi connectivity index (χ2n) is 5.54. The van der Waals surface area contributed by atoms with Crippen LogP contribution in [0.4, 0.5) is 0 Å². The standard InChI is InChI=1S/C19H12N2/c1-2-6-16-12(4-1)10-14-11-13-5-3-7-17-18(13)15(8-9-20-17)19(14)21-16/h1-10H,11H2. The van der Waals surface area contributed by atoms with Gasteiger partial charge in [-0.05, 0) is 35.4 Å². The highest BCUT2D eigenvalue weighted by Crippen LogP contribution is 2.38. The molecule has 21 heavy (non-hydrogen) atoms. The van der Waals surface area contributed by atoms with Crippen molar-refractivity contribution in [2.24, 2.45) is 0 Å². The molecule has 0 unspecified atom stereocenters. The van der Waals surface area contributed by atoms with Gasteiger partial charge in [-0.25, -0.2) is 4.98 Å². The molecule has 0 N–H and O–H groups in total. The number of para-hydroxylation sites is 1. The minimum Gasteiger partial charge on any atom is -0.256 e. The van der Waals surface area contributed by atoms with Crippen molar-refractivity contribution < 1.29 is 0 Å². The summed E-state index contributed by atoms with van der Waals surface area (Å²) in [5.74, 6) is 0. The van der Waals surface area contributed by atoms with E-state index < -0.39 is 0 Å². The largest absolute Gasteiger partial charge is 0.256 e. The highest BCUT2D eigenvalue weighted by Gasteiger charge is 2.20. The van der Waals surface area contributed by atoms with E-state index in [1.165, 1.54) is 27.5 Å². The Morgan fingerprint density at radius 1 is 0.810 bits per heavy atom. The first-order valence-electron chi connectivity index (χ1n) is 7.16. The maximum Gasteiger partial charge on any atom is 0.0752 e. The lowest BCUT2D eigenvalue weighted by Crippen LogP contribution is -2.04. The lowest BCUT2D eigenvalue weighted by Gasteiger charge is -2.20. The van der Waals surface area contributed by atoms with Crippen molar-refractivity contribution in [1.29, 1.82) is 0 Å². The van der Waals surface area contributed by atoms with Crippen LogP contribution in [0, 0.1) is 0 Å². The molecule has 0 saturated heterocycles. The van der Waals surface area contributed by atoms with Crippen LogP contribution < -0.4 is 0 Å². The minimum absolute atomic E-state index is 0.934. The van der Waals surface area contributed by atoms with Crippen molar-refractivity contribution in [3.8, 4) is 11.3 Å². The Kier molecular flexibility index (Phi) is 2.03. The van der Waals surface area contributed by atoms with Gasteiger partial charge in [-0.3, -0.25) is 4.98 Å². The molecule has 2 aromatic carbocycles. The fourth-order valence-electron chi connectivity index (χ4n) is 3.36. The average molecular weight is 268 g/mol. The SMILES string of the molecule is c1ccc2nc3c(cc2c1)Cc1cccc2nccc-3c12. The molecule has 0 fully saturated rings. The molecule has 2 heterocycles. The molecule has 0 amide bonds. The fourth-order valence-corrected chi connectivity index (χ4v) is 3.36. The Morgan fingerprint density at radius 2 is 1.71 bits per heavy atom. The molecule has 0 atom stereocenters. The maximum atomic E-state index is 4.91. The third-order valence-electron chi connectivity index (χ3n) is 4.29. The zero-order chi connectivity index (χ0) is 13.8. The van der Waals surface area contributed by atoms with Crippen molar-refractivity contribution in [2.75, 3.05) is 0 Å². The van der Waals surface area contributed by atoms with E-state index in [2.05, 4.69) is 53.5 Å². The number of aromatic nitrogens is 2. The summed E-state index contributed by atoms with van der Waals surface area (Å²) in [7, 11) is 0. The number of fused-ring (bicyclic) bond motifs is 3. The summed E-state index contributed by atoms with van der Waals surface area (Å²) in [6, 6.07) is 19.1. The minimum atomic E-state index is 0.934. The summed E-state index contributed by atoms with van der Waals surface area (Å²) in [6.45, 7) is 0. The van der Waals surface area contributed by atoms with E-state index in [0.717, 1.165) is 23.1 Å². The maximum absolute atomic E-state index is 4.91. The van der Waals surface area contributed by atoms with Gasteiger partial charge in [-0.1, -0.05) is 30.3 Å². The normalized spacial score (nSPS) is 12.6. The van der Waals surface area contributed by atoms with E-state index in [1.54, 1.807) is 0 Å². The van der Waals surface area contributed by atoms with Gasteiger partial charge in [0.15, 0.2) is 0 Å². The lowest BCUT2D eigenvalue weighted by atomic mass is 9.87. The van der Waals surface area contributed by atoms with Gasteiger partial charge in [0.05, 0.1) is 16.7 Å². The fraction of sp³-hybridized carbons (Fsp3) is 0.0526. The number of hydrogen-bond acceptors (Lipinski definition) is 2. The van der Waals surface area contributed by atoms with Crippen LogP contribution in [0.15, 0.2) is 60.8 Å². The zero-order valence-corrected chi connectivity index (χ0v) is 11.4. The summed E-state index contributed by atoms with van der Waals surface area (Å²) in [5, 5.41) is 2.47. The topological polar surface area (TPSA) is 25.8 Å². The summed E-state index contributed by atoms with van der Waals surface area (Å²) < 4.78 is 0. The van der Waals surface area contributed by atoms with Gasteiger partial charge in [-0.2, -0.15) is 0 Å². The van der Waals surface area contributed by atoms with Gasteiger partial charge in [0.2, 0.25) is 0 Å². The van der Waals surface area contributed by atoms with Crippen molar-refractivity contribution in [3.63, 3.8) is 0 Å². The Balaban J connectivity index is 1.95. The smallest absolute Gasteiger partial charge is 0.0752 e. The quantitative estimate of drug-likeness (QED) is 0.417. The van der Waals surface area contributed by atoms with Crippen molar-refractivity contribution in [1.82, 2.24) is 9.97 Å². The van der Waals surface area contributed by atoms with Gasteiger partial charge >= 0.3 is 0 Å². The van der Waals surface area contributed by atoms with E-state index in [0.29, 0.717) is 0 Å². The predicted molar refractivity (Wildman–Crippen MR) is 85.3 cm³/mol. The molecule has 2 aromatic heterocycles. The predicted octanol–water partition coefficient (Wildman–Crippen LogP) is 4.35. The molecular weight excluding hydrogens is 256 g/mol. The van der Waals surface area contributed by atoms with Crippen LogP contribution in [0.25, 0.3) is 33.1 Å². The summed E-state index contributed by atoms with van der Waals surface area (Å²) in [6.07, 6.45) is 2.82. The van der Waals surface area contributed by atoms with Crippen LogP contribution in [0.2, 0.25) is 0 Å². The first-order chi connectivity index (χ1) is 10.4. The molecule has 0 saturated carbocycles. The van der Waals surface area contributed by atoms with Gasteiger partial charge in [0.25, 0.3) is 0 Å². The van der Waals surface area contributed by atoms with E-state index >= 15 is 0 Å². The van der Waals surface area contributed by atoms with Crippen molar-refractivity contribution in [3.05, 3.63) is 71.9 Å². The van der Waals surface area contributed by atoms with Crippen molar-refractivity contribution in [2.45, 2.75) is 6.42 Å². The lowest BCUT2D eigenvalue weighted by molar-refractivity contribution is 1.16. The molecule has 1 aliphatic rings. The summed E-state index contributed by atoms with van der Waals surface area (Å²) >= 11 is 0. The zero-order valence-electron chi connectivity index (χ0n) is 11.4. The molecular formula is C19H12N2. The van der Waals surface area contributed by atoms with E-state index in [4.69, 9.17) is 4.98 Å². The van der Waals surface area contributed by atoms with Crippen LogP contribution >= 0.6 is 0 Å². The van der Waals surface area contributed by atoms with E-state index in [-0.39, 0.29) is 0 Å². The summed E-state index contributed by atoms with van der Waals surface area (Å²) in [5.41, 5.74) is 7.09. The monoisotopic (exact) mass is 268 g/mol. The van der Waals surface area contributed by atoms with Gasteiger partial charge in [0.1, 0.15) is 0 Å². The van der Waals surface area contributed by atoms with Crippen LogP contribution in [0.1, 0.15) is 11.1 Å². The molecule has 98 valence electrons. The van der Waals surface area contributed by atoms with Gasteiger partial charge in [-0.15, -0.1) is 0 Å². The third kappa shape index (κ3) is 1.47. The summed E-state index contributed by atoms with van der Waals surface area (Å²) in [4.78, 5) is 9.40. The molecule has 5 rings (SSSR count). The van der Waals surface area contributed by atoms with Crippen LogP contribution in [-0.2, 0) is 6.42 Å². The molecule has 0 spiro atoms. The number of benzene rings is 2. The van der Waals surface area contributed by atoms with Crippen LogP contribution in [0.3, 0.4) is 0 Å². The van der Waals surface area contributed by atoms with Crippen molar-refractivity contribution >= 4 is 21.8 Å². The number of rotatable bonds is 0. The number of pyridine rings is 2. The van der Waals surface area contributed by atoms with E-state index in [9.17, 15) is 0 Å². The number of nitrogens with zero attached hydrogens (tertiary/aromatic N) is 2.